The molecule has 0 fully saturated rings. The minimum Gasteiger partial charge on any atom is -0.387 e. The molecule has 57 heavy (non-hydrogen) atoms. The van der Waals surface area contributed by atoms with Crippen molar-refractivity contribution in [1.82, 2.24) is 9.13 Å². The number of aliphatic imine (C=N–C) groups is 2. The van der Waals surface area contributed by atoms with Crippen LogP contribution in [0.15, 0.2) is 192 Å². The van der Waals surface area contributed by atoms with Crippen molar-refractivity contribution in [2.75, 3.05) is 0 Å². The van der Waals surface area contributed by atoms with Gasteiger partial charge in [-0.1, -0.05) is 140 Å². The fourth-order valence-electron chi connectivity index (χ4n) is 9.06. The third-order valence-corrected chi connectivity index (χ3v) is 11.8. The van der Waals surface area contributed by atoms with Gasteiger partial charge in [-0.3, -0.25) is 4.99 Å². The van der Waals surface area contributed by atoms with Crippen LogP contribution in [0, 0.1) is 5.92 Å². The molecule has 2 unspecified atom stereocenters. The highest BCUT2D eigenvalue weighted by molar-refractivity contribution is 6.18. The Morgan fingerprint density at radius 3 is 1.89 bits per heavy atom. The van der Waals surface area contributed by atoms with Crippen molar-refractivity contribution in [3.05, 3.63) is 193 Å². The number of hydrogen-bond donors (Lipinski definition) is 1. The minimum absolute atomic E-state index is 0.0496. The van der Waals surface area contributed by atoms with E-state index in [1.165, 1.54) is 65.9 Å². The zero-order valence-corrected chi connectivity index (χ0v) is 31.5. The van der Waals surface area contributed by atoms with Crippen LogP contribution in [-0.2, 0) is 0 Å². The van der Waals surface area contributed by atoms with E-state index < -0.39 is 0 Å². The van der Waals surface area contributed by atoms with Gasteiger partial charge < -0.3 is 14.9 Å². The molecule has 0 saturated heterocycles. The van der Waals surface area contributed by atoms with Crippen LogP contribution in [0.2, 0.25) is 0 Å². The van der Waals surface area contributed by atoms with E-state index in [-0.39, 0.29) is 12.0 Å². The highest BCUT2D eigenvalue weighted by Gasteiger charge is 2.27. The lowest BCUT2D eigenvalue weighted by Crippen LogP contribution is -2.24. The van der Waals surface area contributed by atoms with E-state index in [0.717, 1.165) is 28.9 Å². The van der Waals surface area contributed by atoms with Gasteiger partial charge in [0.25, 0.3) is 0 Å². The summed E-state index contributed by atoms with van der Waals surface area (Å²) in [5.41, 5.74) is 20.6. The Labute approximate surface area is 331 Å². The second-order valence-corrected chi connectivity index (χ2v) is 15.1. The first-order valence-corrected chi connectivity index (χ1v) is 19.7. The van der Waals surface area contributed by atoms with Crippen LogP contribution in [0.5, 0.6) is 0 Å². The zero-order valence-electron chi connectivity index (χ0n) is 31.5. The molecular formula is C52H39N5. The Balaban J connectivity index is 1.12. The van der Waals surface area contributed by atoms with Crippen LogP contribution in [0.4, 0.5) is 0 Å². The summed E-state index contributed by atoms with van der Waals surface area (Å²) in [6.45, 7) is 2.15. The second kappa shape index (κ2) is 13.2. The van der Waals surface area contributed by atoms with Gasteiger partial charge in [0.2, 0.25) is 0 Å². The molecule has 2 N–H and O–H groups in total. The van der Waals surface area contributed by atoms with Crippen molar-refractivity contribution in [2.24, 2.45) is 21.6 Å². The van der Waals surface area contributed by atoms with Gasteiger partial charge in [0.15, 0.2) is 5.84 Å². The number of nitrogens with two attached hydrogens (primary N) is 1. The van der Waals surface area contributed by atoms with Gasteiger partial charge in [0.1, 0.15) is 5.84 Å². The quantitative estimate of drug-likeness (QED) is 0.139. The third kappa shape index (κ3) is 5.31. The number of amidine groups is 2. The lowest BCUT2D eigenvalue weighted by atomic mass is 9.91. The maximum Gasteiger partial charge on any atom is 0.157 e. The van der Waals surface area contributed by atoms with E-state index in [1.54, 1.807) is 0 Å². The number of hydrogen-bond acceptors (Lipinski definition) is 1. The number of allylic oxidation sites excluding steroid dienone is 3. The molecule has 2 aromatic heterocycles. The van der Waals surface area contributed by atoms with Crippen LogP contribution < -0.4 is 5.73 Å². The molecule has 0 radical (unpaired) electrons. The van der Waals surface area contributed by atoms with Crippen LogP contribution >= 0.6 is 0 Å². The molecule has 2 aliphatic rings. The lowest BCUT2D eigenvalue weighted by molar-refractivity contribution is 0.816. The Morgan fingerprint density at radius 1 is 0.596 bits per heavy atom. The predicted molar refractivity (Wildman–Crippen MR) is 239 cm³/mol. The molecule has 7 aromatic carbocycles. The molecule has 0 bridgehead atoms. The summed E-state index contributed by atoms with van der Waals surface area (Å²) in [7, 11) is 0. The van der Waals surface area contributed by atoms with Crippen LogP contribution in [0.1, 0.15) is 30.5 Å². The molecular weight excluding hydrogens is 695 g/mol. The minimum atomic E-state index is -0.190. The Kier molecular flexibility index (Phi) is 7.68. The maximum atomic E-state index is 6.65. The van der Waals surface area contributed by atoms with E-state index in [9.17, 15) is 0 Å². The van der Waals surface area contributed by atoms with Crippen molar-refractivity contribution in [1.29, 1.82) is 0 Å². The average molecular weight is 734 g/mol. The molecule has 272 valence electrons. The number of rotatable bonds is 5. The molecule has 5 nitrogen and oxygen atoms in total. The molecule has 0 saturated carbocycles. The standard InChI is InChI=1S/C52H39N5/c1-33(54-52(35-18-6-3-7-19-35)55-51(53)34-16-4-2-5-17-34)36-28-29-49-43(30-36)38-20-8-9-21-39(38)44-31-37(32-45-42-24-12-15-27-48(42)57(49)50(44)45)56-46-25-13-10-22-40(46)41-23-11-14-26-47(41)56/h2-16,18-34H,17H2,1H3,(H2,53,54,55). The highest BCUT2D eigenvalue weighted by atomic mass is 15.0. The Morgan fingerprint density at radius 2 is 1.21 bits per heavy atom. The molecule has 5 heteroatoms. The highest BCUT2D eigenvalue weighted by Crippen LogP contribution is 2.48. The first kappa shape index (κ1) is 33.1. The first-order chi connectivity index (χ1) is 28.1. The molecule has 1 aliphatic heterocycles. The van der Waals surface area contributed by atoms with Gasteiger partial charge in [-0.15, -0.1) is 0 Å². The van der Waals surface area contributed by atoms with E-state index in [0.29, 0.717) is 11.7 Å². The van der Waals surface area contributed by atoms with E-state index >= 15 is 0 Å². The average Bonchev–Trinajstić information content (AvgIpc) is 3.75. The van der Waals surface area contributed by atoms with Gasteiger partial charge in [-0.25, -0.2) is 4.99 Å². The number of aromatic nitrogens is 2. The smallest absolute Gasteiger partial charge is 0.157 e. The van der Waals surface area contributed by atoms with Gasteiger partial charge in [-0.05, 0) is 72.5 Å². The summed E-state index contributed by atoms with van der Waals surface area (Å²) in [4.78, 5) is 10.3. The van der Waals surface area contributed by atoms with Crippen LogP contribution in [0.3, 0.4) is 0 Å². The second-order valence-electron chi connectivity index (χ2n) is 15.1. The fraction of sp³-hybridized carbons (Fsp3) is 0.0769. The lowest BCUT2D eigenvalue weighted by Gasteiger charge is -2.17. The summed E-state index contributed by atoms with van der Waals surface area (Å²) in [5.74, 6) is 1.26. The maximum absolute atomic E-state index is 6.65. The molecule has 1 aliphatic carbocycles. The normalized spacial score (nSPS) is 15.6. The van der Waals surface area contributed by atoms with Gasteiger partial charge >= 0.3 is 0 Å². The number of fused-ring (bicyclic) bond motifs is 11. The fourth-order valence-corrected chi connectivity index (χ4v) is 9.06. The molecule has 11 rings (SSSR count). The SMILES string of the molecule is CC(N=C(N=C(N)C1C=CC=CC1)c1ccccc1)c1ccc2c(c1)-c1ccccc1-c1cc(-n3c4ccccc4c4ccccc43)cc3c4ccccc4n-2c13. The molecule has 2 atom stereocenters. The van der Waals surface area contributed by atoms with Gasteiger partial charge in [-0.2, -0.15) is 0 Å². The van der Waals surface area contributed by atoms with Crippen molar-refractivity contribution in [3.63, 3.8) is 0 Å². The molecule has 3 heterocycles. The summed E-state index contributed by atoms with van der Waals surface area (Å²) in [6.07, 6.45) is 9.17. The summed E-state index contributed by atoms with van der Waals surface area (Å²) >= 11 is 0. The van der Waals surface area contributed by atoms with E-state index in [2.05, 4.69) is 174 Å². The topological polar surface area (TPSA) is 60.6 Å². The largest absolute Gasteiger partial charge is 0.387 e. The number of para-hydroxylation sites is 3. The Hall–Kier alpha value is -7.24. The molecule has 9 aromatic rings. The zero-order chi connectivity index (χ0) is 38.0. The van der Waals surface area contributed by atoms with Crippen molar-refractivity contribution in [3.8, 4) is 33.6 Å². The monoisotopic (exact) mass is 733 g/mol. The van der Waals surface area contributed by atoms with Crippen LogP contribution in [0.25, 0.3) is 77.2 Å². The predicted octanol–water partition coefficient (Wildman–Crippen LogP) is 12.5. The summed E-state index contributed by atoms with van der Waals surface area (Å²) in [6, 6.07) is 56.8. The van der Waals surface area contributed by atoms with Crippen molar-refractivity contribution in [2.45, 2.75) is 19.4 Å². The molecule has 0 spiro atoms. The van der Waals surface area contributed by atoms with Gasteiger partial charge in [0, 0.05) is 49.8 Å². The van der Waals surface area contributed by atoms with E-state index in [4.69, 9.17) is 15.7 Å². The molecule has 0 amide bonds. The Bertz CT molecular complexity index is 3140. The summed E-state index contributed by atoms with van der Waals surface area (Å²) in [5, 5.41) is 4.97. The van der Waals surface area contributed by atoms with Crippen molar-refractivity contribution >= 4 is 55.3 Å². The number of nitrogens with zero attached hydrogens (tertiary/aromatic N) is 4. The third-order valence-electron chi connectivity index (χ3n) is 11.8. The van der Waals surface area contributed by atoms with Crippen molar-refractivity contribution < 1.29 is 0 Å². The van der Waals surface area contributed by atoms with Crippen LogP contribution in [-0.4, -0.2) is 20.8 Å². The number of benzene rings is 7. The summed E-state index contributed by atoms with van der Waals surface area (Å²) < 4.78 is 4.92. The van der Waals surface area contributed by atoms with E-state index in [1.807, 2.05) is 24.3 Å². The van der Waals surface area contributed by atoms with Gasteiger partial charge in [0.05, 0.1) is 33.8 Å². The first-order valence-electron chi connectivity index (χ1n) is 19.7.